The van der Waals surface area contributed by atoms with Crippen LogP contribution in [0.5, 0.6) is 5.75 Å². The first-order valence-corrected chi connectivity index (χ1v) is 5.98. The Morgan fingerprint density at radius 1 is 1.00 bits per heavy atom. The predicted molar refractivity (Wildman–Crippen MR) is 75.5 cm³/mol. The van der Waals surface area contributed by atoms with Crippen LogP contribution in [0.25, 0.3) is 22.2 Å². The number of nitro benzene ring substituents is 1. The molecule has 1 heterocycles. The molecule has 0 aliphatic heterocycles. The first kappa shape index (κ1) is 12.1. The number of nitrogens with zero attached hydrogens (tertiary/aromatic N) is 2. The molecule has 0 fully saturated rings. The van der Waals surface area contributed by atoms with E-state index in [2.05, 4.69) is 4.98 Å². The fourth-order valence-corrected chi connectivity index (χ4v) is 2.02. The van der Waals surface area contributed by atoms with Crippen molar-refractivity contribution in [3.8, 4) is 17.0 Å². The standard InChI is InChI=1S/C15H10N2O3/c18-13-5-1-10(2-6-13)14-7-3-11-9-12(17(19)20)4-8-15(11)16-14/h1-9,18H. The Morgan fingerprint density at radius 2 is 1.75 bits per heavy atom. The molecule has 0 atom stereocenters. The van der Waals surface area contributed by atoms with Crippen molar-refractivity contribution in [3.05, 3.63) is 64.7 Å². The van der Waals surface area contributed by atoms with E-state index in [1.54, 1.807) is 42.5 Å². The molecule has 5 nitrogen and oxygen atoms in total. The van der Waals surface area contributed by atoms with Gasteiger partial charge in [-0.05, 0) is 36.4 Å². The number of aromatic hydroxyl groups is 1. The van der Waals surface area contributed by atoms with Gasteiger partial charge in [-0.15, -0.1) is 0 Å². The van der Waals surface area contributed by atoms with Crippen LogP contribution in [0.2, 0.25) is 0 Å². The molecule has 1 N–H and O–H groups in total. The van der Waals surface area contributed by atoms with E-state index in [0.29, 0.717) is 5.52 Å². The van der Waals surface area contributed by atoms with Gasteiger partial charge >= 0.3 is 0 Å². The summed E-state index contributed by atoms with van der Waals surface area (Å²) in [6.45, 7) is 0. The van der Waals surface area contributed by atoms with Gasteiger partial charge in [-0.2, -0.15) is 0 Å². The summed E-state index contributed by atoms with van der Waals surface area (Å²) in [4.78, 5) is 14.8. The molecule has 0 aliphatic rings. The van der Waals surface area contributed by atoms with Crippen LogP contribution in [0.1, 0.15) is 0 Å². The highest BCUT2D eigenvalue weighted by Gasteiger charge is 2.07. The Bertz CT molecular complexity index is 798. The average molecular weight is 266 g/mol. The minimum atomic E-state index is -0.423. The molecule has 20 heavy (non-hydrogen) atoms. The van der Waals surface area contributed by atoms with E-state index >= 15 is 0 Å². The van der Waals surface area contributed by atoms with Crippen molar-refractivity contribution in [1.82, 2.24) is 4.98 Å². The summed E-state index contributed by atoms with van der Waals surface area (Å²) in [5, 5.41) is 20.7. The Hall–Kier alpha value is -2.95. The summed E-state index contributed by atoms with van der Waals surface area (Å²) in [6.07, 6.45) is 0. The van der Waals surface area contributed by atoms with Crippen molar-refractivity contribution in [2.24, 2.45) is 0 Å². The highest BCUT2D eigenvalue weighted by Crippen LogP contribution is 2.25. The van der Waals surface area contributed by atoms with Gasteiger partial charge in [-0.3, -0.25) is 10.1 Å². The summed E-state index contributed by atoms with van der Waals surface area (Å²) in [7, 11) is 0. The molecule has 3 aromatic rings. The second-order valence-corrected chi connectivity index (χ2v) is 4.38. The summed E-state index contributed by atoms with van der Waals surface area (Å²) < 4.78 is 0. The smallest absolute Gasteiger partial charge is 0.270 e. The number of aromatic nitrogens is 1. The molecule has 0 unspecified atom stereocenters. The number of hydrogen-bond donors (Lipinski definition) is 1. The maximum Gasteiger partial charge on any atom is 0.270 e. The van der Waals surface area contributed by atoms with Gasteiger partial charge in [0.25, 0.3) is 5.69 Å². The van der Waals surface area contributed by atoms with Crippen molar-refractivity contribution in [3.63, 3.8) is 0 Å². The number of benzene rings is 2. The molecule has 0 aliphatic carbocycles. The van der Waals surface area contributed by atoms with Crippen LogP contribution < -0.4 is 0 Å². The number of phenolic OH excluding ortho intramolecular Hbond substituents is 1. The van der Waals surface area contributed by atoms with E-state index in [1.165, 1.54) is 12.1 Å². The van der Waals surface area contributed by atoms with Crippen molar-refractivity contribution >= 4 is 16.6 Å². The minimum Gasteiger partial charge on any atom is -0.508 e. The predicted octanol–water partition coefficient (Wildman–Crippen LogP) is 3.52. The van der Waals surface area contributed by atoms with Crippen LogP contribution in [-0.4, -0.2) is 15.0 Å². The van der Waals surface area contributed by atoms with Gasteiger partial charge in [0.05, 0.1) is 16.1 Å². The Kier molecular flexibility index (Phi) is 2.80. The molecule has 5 heteroatoms. The lowest BCUT2D eigenvalue weighted by Crippen LogP contribution is -1.89. The molecule has 0 radical (unpaired) electrons. The number of rotatable bonds is 2. The van der Waals surface area contributed by atoms with Gasteiger partial charge in [-0.1, -0.05) is 6.07 Å². The number of hydrogen-bond acceptors (Lipinski definition) is 4. The molecule has 98 valence electrons. The summed E-state index contributed by atoms with van der Waals surface area (Å²) in [6, 6.07) is 14.9. The lowest BCUT2D eigenvalue weighted by Gasteiger charge is -2.03. The van der Waals surface area contributed by atoms with Crippen molar-refractivity contribution in [2.45, 2.75) is 0 Å². The van der Waals surface area contributed by atoms with E-state index < -0.39 is 4.92 Å². The van der Waals surface area contributed by atoms with Gasteiger partial charge < -0.3 is 5.11 Å². The van der Waals surface area contributed by atoms with Crippen LogP contribution in [0.15, 0.2) is 54.6 Å². The normalized spacial score (nSPS) is 10.6. The molecule has 0 spiro atoms. The zero-order valence-corrected chi connectivity index (χ0v) is 10.4. The zero-order chi connectivity index (χ0) is 14.1. The number of phenols is 1. The Morgan fingerprint density at radius 3 is 2.45 bits per heavy atom. The number of pyridine rings is 1. The van der Waals surface area contributed by atoms with Gasteiger partial charge in [0.1, 0.15) is 5.75 Å². The first-order valence-electron chi connectivity index (χ1n) is 5.98. The lowest BCUT2D eigenvalue weighted by molar-refractivity contribution is -0.384. The van der Waals surface area contributed by atoms with E-state index in [1.807, 2.05) is 0 Å². The molecular formula is C15H10N2O3. The second-order valence-electron chi connectivity index (χ2n) is 4.38. The molecular weight excluding hydrogens is 256 g/mol. The summed E-state index contributed by atoms with van der Waals surface area (Å²) >= 11 is 0. The van der Waals surface area contributed by atoms with E-state index in [9.17, 15) is 15.2 Å². The molecule has 1 aromatic heterocycles. The zero-order valence-electron chi connectivity index (χ0n) is 10.4. The molecule has 0 saturated heterocycles. The van der Waals surface area contributed by atoms with Crippen LogP contribution in [-0.2, 0) is 0 Å². The molecule has 0 amide bonds. The molecule has 0 saturated carbocycles. The Balaban J connectivity index is 2.09. The first-order chi connectivity index (χ1) is 9.63. The SMILES string of the molecule is O=[N+]([O-])c1ccc2nc(-c3ccc(O)cc3)ccc2c1. The second kappa shape index (κ2) is 4.62. The third-order valence-electron chi connectivity index (χ3n) is 3.05. The lowest BCUT2D eigenvalue weighted by atomic mass is 10.1. The number of nitro groups is 1. The molecule has 0 bridgehead atoms. The third kappa shape index (κ3) is 2.16. The minimum absolute atomic E-state index is 0.0525. The van der Waals surface area contributed by atoms with E-state index in [0.717, 1.165) is 16.6 Å². The van der Waals surface area contributed by atoms with Crippen LogP contribution in [0.4, 0.5) is 5.69 Å². The van der Waals surface area contributed by atoms with Gasteiger partial charge in [0, 0.05) is 23.1 Å². The highest BCUT2D eigenvalue weighted by molar-refractivity contribution is 5.83. The number of non-ortho nitro benzene ring substituents is 1. The van der Waals surface area contributed by atoms with Crippen molar-refractivity contribution < 1.29 is 10.0 Å². The summed E-state index contributed by atoms with van der Waals surface area (Å²) in [5.74, 6) is 0.199. The van der Waals surface area contributed by atoms with Gasteiger partial charge in [0.2, 0.25) is 0 Å². The van der Waals surface area contributed by atoms with Gasteiger partial charge in [-0.25, -0.2) is 4.98 Å². The van der Waals surface area contributed by atoms with Crippen molar-refractivity contribution in [2.75, 3.05) is 0 Å². The van der Waals surface area contributed by atoms with Crippen LogP contribution >= 0.6 is 0 Å². The maximum atomic E-state index is 10.7. The highest BCUT2D eigenvalue weighted by atomic mass is 16.6. The van der Waals surface area contributed by atoms with Gasteiger partial charge in [0.15, 0.2) is 0 Å². The van der Waals surface area contributed by atoms with Crippen LogP contribution in [0.3, 0.4) is 0 Å². The summed E-state index contributed by atoms with van der Waals surface area (Å²) in [5.41, 5.74) is 2.38. The Labute approximate surface area is 114 Å². The molecule has 3 rings (SSSR count). The fraction of sp³-hybridized carbons (Fsp3) is 0. The number of fused-ring (bicyclic) bond motifs is 1. The van der Waals surface area contributed by atoms with Crippen LogP contribution in [0, 0.1) is 10.1 Å². The average Bonchev–Trinajstić information content (AvgIpc) is 2.47. The topological polar surface area (TPSA) is 76.3 Å². The molecule has 2 aromatic carbocycles. The third-order valence-corrected chi connectivity index (χ3v) is 3.05. The van der Waals surface area contributed by atoms with E-state index in [4.69, 9.17) is 0 Å². The monoisotopic (exact) mass is 266 g/mol. The quantitative estimate of drug-likeness (QED) is 0.568. The largest absolute Gasteiger partial charge is 0.508 e. The van der Waals surface area contributed by atoms with Crippen molar-refractivity contribution in [1.29, 1.82) is 0 Å². The van der Waals surface area contributed by atoms with E-state index in [-0.39, 0.29) is 11.4 Å². The fourth-order valence-electron chi connectivity index (χ4n) is 2.02. The maximum absolute atomic E-state index is 10.7.